The topological polar surface area (TPSA) is 76.4 Å². The number of rotatable bonds is 3. The molecule has 0 unspecified atom stereocenters. The number of amides is 1. The number of nitrogens with zero attached hydrogens (tertiary/aromatic N) is 6. The fourth-order valence-corrected chi connectivity index (χ4v) is 4.32. The summed E-state index contributed by atoms with van der Waals surface area (Å²) in [4.78, 5) is 26.6. The van der Waals surface area contributed by atoms with Crippen LogP contribution in [0.2, 0.25) is 0 Å². The number of aryl methyl sites for hydroxylation is 2. The second-order valence-electron chi connectivity index (χ2n) is 8.22. The molecule has 8 heteroatoms. The summed E-state index contributed by atoms with van der Waals surface area (Å²) in [5, 5.41) is 4.46. The molecule has 0 spiro atoms. The minimum atomic E-state index is 0.0206. The Morgan fingerprint density at radius 2 is 1.84 bits per heavy atom. The maximum Gasteiger partial charge on any atom is 0.257 e. The van der Waals surface area contributed by atoms with Crippen molar-refractivity contribution in [1.82, 2.24) is 29.5 Å². The van der Waals surface area contributed by atoms with Gasteiger partial charge in [-0.3, -0.25) is 4.79 Å². The molecule has 1 amide bonds. The molecule has 1 aliphatic heterocycles. The highest BCUT2D eigenvalue weighted by Gasteiger charge is 2.25. The first-order valence-electron chi connectivity index (χ1n) is 10.6. The van der Waals surface area contributed by atoms with Crippen molar-refractivity contribution in [1.29, 1.82) is 0 Å². The largest absolute Gasteiger partial charge is 0.497 e. The molecule has 160 valence electrons. The second kappa shape index (κ2) is 7.77. The van der Waals surface area contributed by atoms with Crippen molar-refractivity contribution in [2.24, 2.45) is 0 Å². The van der Waals surface area contributed by atoms with E-state index in [-0.39, 0.29) is 5.91 Å². The van der Waals surface area contributed by atoms with Gasteiger partial charge in [-0.05, 0) is 56.1 Å². The molecule has 2 aliphatic rings. The average Bonchev–Trinajstić information content (AvgIpc) is 3.19. The molecule has 1 aliphatic carbocycles. The summed E-state index contributed by atoms with van der Waals surface area (Å²) in [6.07, 6.45) is 5.35. The Morgan fingerprint density at radius 1 is 1.06 bits per heavy atom. The summed E-state index contributed by atoms with van der Waals surface area (Å²) >= 11 is 0. The van der Waals surface area contributed by atoms with E-state index in [2.05, 4.69) is 34.2 Å². The van der Waals surface area contributed by atoms with E-state index in [0.717, 1.165) is 67.3 Å². The zero-order chi connectivity index (χ0) is 21.5. The van der Waals surface area contributed by atoms with Crippen LogP contribution in [0.3, 0.4) is 0 Å². The van der Waals surface area contributed by atoms with Crippen molar-refractivity contribution in [2.75, 3.05) is 40.3 Å². The molecule has 0 saturated carbocycles. The first-order chi connectivity index (χ1) is 15.0. The van der Waals surface area contributed by atoms with Crippen LogP contribution in [-0.4, -0.2) is 75.8 Å². The van der Waals surface area contributed by atoms with E-state index >= 15 is 0 Å². The monoisotopic (exact) mass is 418 g/mol. The Bertz CT molecular complexity index is 1150. The number of carbonyl (C=O) groups is 1. The summed E-state index contributed by atoms with van der Waals surface area (Å²) in [6.45, 7) is 5.14. The molecule has 31 heavy (non-hydrogen) atoms. The number of likely N-dealkylation sites (N-methyl/N-ethyl adjacent to an activating group) is 1. The Morgan fingerprint density at radius 3 is 2.61 bits per heavy atom. The zero-order valence-corrected chi connectivity index (χ0v) is 18.1. The van der Waals surface area contributed by atoms with Crippen LogP contribution >= 0.6 is 0 Å². The van der Waals surface area contributed by atoms with Gasteiger partial charge in [0.25, 0.3) is 11.9 Å². The maximum atomic E-state index is 13.0. The molecule has 0 atom stereocenters. The van der Waals surface area contributed by atoms with Gasteiger partial charge in [0.2, 0.25) is 0 Å². The normalized spacial score (nSPS) is 16.0. The Labute approximate surface area is 181 Å². The van der Waals surface area contributed by atoms with E-state index in [4.69, 9.17) is 9.72 Å². The van der Waals surface area contributed by atoms with Crippen molar-refractivity contribution in [3.8, 4) is 23.0 Å². The molecule has 2 aromatic heterocycles. The minimum absolute atomic E-state index is 0.0206. The van der Waals surface area contributed by atoms with Gasteiger partial charge >= 0.3 is 0 Å². The van der Waals surface area contributed by atoms with Gasteiger partial charge in [0.1, 0.15) is 5.75 Å². The Hall–Kier alpha value is -3.26. The molecule has 0 bridgehead atoms. The molecule has 3 heterocycles. The highest BCUT2D eigenvalue weighted by molar-refractivity contribution is 5.95. The summed E-state index contributed by atoms with van der Waals surface area (Å²) in [7, 11) is 3.76. The predicted molar refractivity (Wildman–Crippen MR) is 117 cm³/mol. The number of aromatic nitrogens is 4. The van der Waals surface area contributed by atoms with Crippen LogP contribution in [0.15, 0.2) is 30.6 Å². The lowest BCUT2D eigenvalue weighted by atomic mass is 9.90. The molecule has 3 aromatic rings. The highest BCUT2D eigenvalue weighted by atomic mass is 16.5. The smallest absolute Gasteiger partial charge is 0.257 e. The summed E-state index contributed by atoms with van der Waals surface area (Å²) in [6, 6.07) is 6.09. The average molecular weight is 419 g/mol. The number of hydrogen-bond donors (Lipinski definition) is 0. The lowest BCUT2D eigenvalue weighted by Gasteiger charge is -2.32. The van der Waals surface area contributed by atoms with Gasteiger partial charge in [0, 0.05) is 37.9 Å². The van der Waals surface area contributed by atoms with Crippen LogP contribution in [-0.2, 0) is 12.8 Å². The number of carbonyl (C=O) groups excluding carboxylic acids is 1. The third-order valence-electron chi connectivity index (χ3n) is 6.30. The van der Waals surface area contributed by atoms with Gasteiger partial charge in [-0.1, -0.05) is 0 Å². The molecule has 0 N–H and O–H groups in total. The molecular weight excluding hydrogens is 392 g/mol. The van der Waals surface area contributed by atoms with Crippen LogP contribution < -0.4 is 4.74 Å². The summed E-state index contributed by atoms with van der Waals surface area (Å²) in [5.41, 5.74) is 5.74. The van der Waals surface area contributed by atoms with E-state index < -0.39 is 0 Å². The minimum Gasteiger partial charge on any atom is -0.497 e. The van der Waals surface area contributed by atoms with Crippen molar-refractivity contribution in [3.63, 3.8) is 0 Å². The fraction of sp³-hybridized carbons (Fsp3) is 0.391. The quantitative estimate of drug-likeness (QED) is 0.649. The van der Waals surface area contributed by atoms with Gasteiger partial charge in [0.15, 0.2) is 0 Å². The van der Waals surface area contributed by atoms with Gasteiger partial charge in [0.05, 0.1) is 30.3 Å². The Balaban J connectivity index is 1.48. The lowest BCUT2D eigenvalue weighted by Crippen LogP contribution is -2.47. The standard InChI is InChI=1S/C23H26N6O2/c1-15-20(22(30)28-10-8-27(2)9-11-28)14-25-29(15)23-24-13-17-5-4-16-12-18(31-3)6-7-19(16)21(17)26-23/h6-7,12-14H,4-5,8-11H2,1-3H3. The maximum absolute atomic E-state index is 13.0. The molecule has 1 fully saturated rings. The summed E-state index contributed by atoms with van der Waals surface area (Å²) < 4.78 is 7.04. The number of hydrogen-bond acceptors (Lipinski definition) is 6. The van der Waals surface area contributed by atoms with E-state index in [1.54, 1.807) is 18.0 Å². The van der Waals surface area contributed by atoms with Crippen LogP contribution in [0.25, 0.3) is 17.2 Å². The van der Waals surface area contributed by atoms with E-state index in [0.29, 0.717) is 11.5 Å². The van der Waals surface area contributed by atoms with Crippen LogP contribution in [0.5, 0.6) is 5.75 Å². The lowest BCUT2D eigenvalue weighted by molar-refractivity contribution is 0.0663. The first-order valence-corrected chi connectivity index (χ1v) is 10.6. The highest BCUT2D eigenvalue weighted by Crippen LogP contribution is 2.34. The van der Waals surface area contributed by atoms with E-state index in [9.17, 15) is 4.79 Å². The van der Waals surface area contributed by atoms with Crippen LogP contribution in [0, 0.1) is 6.92 Å². The van der Waals surface area contributed by atoms with Crippen molar-refractivity contribution < 1.29 is 9.53 Å². The number of methoxy groups -OCH3 is 1. The van der Waals surface area contributed by atoms with Gasteiger partial charge < -0.3 is 14.5 Å². The third kappa shape index (κ3) is 3.46. The van der Waals surface area contributed by atoms with Crippen molar-refractivity contribution in [2.45, 2.75) is 19.8 Å². The van der Waals surface area contributed by atoms with Crippen molar-refractivity contribution >= 4 is 5.91 Å². The summed E-state index contributed by atoms with van der Waals surface area (Å²) in [5.74, 6) is 1.36. The number of ether oxygens (including phenoxy) is 1. The van der Waals surface area contributed by atoms with E-state index in [1.807, 2.05) is 24.1 Å². The number of piperazine rings is 1. The van der Waals surface area contributed by atoms with Crippen molar-refractivity contribution in [3.05, 3.63) is 53.0 Å². The molecule has 0 radical (unpaired) electrons. The molecule has 8 nitrogen and oxygen atoms in total. The molecular formula is C23H26N6O2. The Kier molecular flexibility index (Phi) is 4.94. The molecule has 1 aromatic carbocycles. The van der Waals surface area contributed by atoms with Gasteiger partial charge in [-0.2, -0.15) is 5.10 Å². The van der Waals surface area contributed by atoms with Crippen LogP contribution in [0.1, 0.15) is 27.2 Å². The SMILES string of the molecule is COc1ccc2c(c1)CCc1cnc(-n3ncc(C(=O)N4CCN(C)CC4)c3C)nc1-2. The number of benzene rings is 1. The first kappa shape index (κ1) is 19.7. The second-order valence-corrected chi connectivity index (χ2v) is 8.22. The molecule has 1 saturated heterocycles. The zero-order valence-electron chi connectivity index (χ0n) is 18.1. The molecule has 5 rings (SSSR count). The van der Waals surface area contributed by atoms with Gasteiger partial charge in [-0.15, -0.1) is 0 Å². The number of fused-ring (bicyclic) bond motifs is 3. The predicted octanol–water partition coefficient (Wildman–Crippen LogP) is 2.13. The van der Waals surface area contributed by atoms with Crippen LogP contribution in [0.4, 0.5) is 0 Å². The fourth-order valence-electron chi connectivity index (χ4n) is 4.32. The third-order valence-corrected chi connectivity index (χ3v) is 6.30. The van der Waals surface area contributed by atoms with Gasteiger partial charge in [-0.25, -0.2) is 14.6 Å². The van der Waals surface area contributed by atoms with E-state index in [1.165, 1.54) is 5.56 Å².